The fourth-order valence-electron chi connectivity index (χ4n) is 4.39. The van der Waals surface area contributed by atoms with Crippen LogP contribution in [0.25, 0.3) is 0 Å². The van der Waals surface area contributed by atoms with Crippen LogP contribution in [-0.2, 0) is 43.0 Å². The Balaban J connectivity index is 0.00000924. The van der Waals surface area contributed by atoms with Gasteiger partial charge in [-0.05, 0) is 27.2 Å². The minimum Gasteiger partial charge on any atom is -0.366 e. The number of thioether (sulfide) groups is 1. The van der Waals surface area contributed by atoms with Crippen LogP contribution in [0.1, 0.15) is 70.1 Å². The molecule has 4 unspecified atom stereocenters. The van der Waals surface area contributed by atoms with Crippen molar-refractivity contribution >= 4 is 53.0 Å². The largest absolute Gasteiger partial charge is 0.366 e. The van der Waals surface area contributed by atoms with Crippen molar-refractivity contribution in [3.05, 3.63) is 0 Å². The molecule has 42 heavy (non-hydrogen) atoms. The number of ether oxygens (including phenoxy) is 2. The van der Waals surface area contributed by atoms with Gasteiger partial charge in [0.25, 0.3) is 11.8 Å². The molecule has 14 heteroatoms. The zero-order valence-electron chi connectivity index (χ0n) is 25.3. The van der Waals surface area contributed by atoms with Crippen LogP contribution in [-0.4, -0.2) is 113 Å². The molecular formula is C28H48N4O9S. The van der Waals surface area contributed by atoms with Gasteiger partial charge in [0.2, 0.25) is 23.6 Å². The van der Waals surface area contributed by atoms with E-state index in [1.165, 1.54) is 9.80 Å². The number of likely N-dealkylation sites (tertiary alicyclic amines) is 2. The van der Waals surface area contributed by atoms with E-state index in [0.717, 1.165) is 11.8 Å². The Morgan fingerprint density at radius 1 is 0.881 bits per heavy atom. The van der Waals surface area contributed by atoms with E-state index in [0.29, 0.717) is 6.42 Å². The molecule has 0 aliphatic carbocycles. The number of nitrogens with one attached hydrogen (secondary N) is 2. The van der Waals surface area contributed by atoms with Gasteiger partial charge in [0, 0.05) is 40.4 Å². The van der Waals surface area contributed by atoms with Gasteiger partial charge < -0.3 is 20.1 Å². The first kappa shape index (κ1) is 35.4. The lowest BCUT2D eigenvalue weighted by Gasteiger charge is -2.21. The summed E-state index contributed by atoms with van der Waals surface area (Å²) in [7, 11) is 0. The van der Waals surface area contributed by atoms with E-state index in [-0.39, 0.29) is 95.7 Å². The summed E-state index contributed by atoms with van der Waals surface area (Å²) in [5.74, 6) is -2.51. The number of Topliss-reactive ketones (excluding diaryl/α,β-unsaturated/α-hetero) is 1. The number of rotatable bonds is 18. The average Bonchev–Trinajstić information content (AvgIpc) is 3.38. The van der Waals surface area contributed by atoms with Gasteiger partial charge in [0.1, 0.15) is 18.0 Å². The maximum Gasteiger partial charge on any atom is 0.259 e. The lowest BCUT2D eigenvalue weighted by atomic mass is 10.1. The van der Waals surface area contributed by atoms with E-state index < -0.39 is 35.2 Å². The highest BCUT2D eigenvalue weighted by atomic mass is 32.2. The van der Waals surface area contributed by atoms with Gasteiger partial charge in [-0.1, -0.05) is 20.8 Å². The molecule has 0 aromatic heterocycles. The van der Waals surface area contributed by atoms with Crippen molar-refractivity contribution in [3.63, 3.8) is 0 Å². The fraction of sp³-hybridized carbons (Fsp3) is 0.750. The first-order valence-corrected chi connectivity index (χ1v) is 15.5. The zero-order chi connectivity index (χ0) is 31.6. The maximum absolute atomic E-state index is 12.9. The molecular weight excluding hydrogens is 568 g/mol. The van der Waals surface area contributed by atoms with Crippen LogP contribution < -0.4 is 10.6 Å². The van der Waals surface area contributed by atoms with Crippen molar-refractivity contribution in [3.8, 4) is 0 Å². The normalized spacial score (nSPS) is 20.6. The second kappa shape index (κ2) is 16.7. The minimum atomic E-state index is -0.892. The Morgan fingerprint density at radius 2 is 1.40 bits per heavy atom. The van der Waals surface area contributed by atoms with Gasteiger partial charge in [0.15, 0.2) is 0 Å². The topological polar surface area (TPSA) is 168 Å². The fourth-order valence-corrected chi connectivity index (χ4v) is 5.59. The van der Waals surface area contributed by atoms with Crippen LogP contribution >= 0.6 is 11.8 Å². The van der Waals surface area contributed by atoms with E-state index in [1.807, 2.05) is 6.92 Å². The van der Waals surface area contributed by atoms with Gasteiger partial charge >= 0.3 is 0 Å². The number of hydrogen-bond donors (Lipinski definition) is 2. The van der Waals surface area contributed by atoms with Crippen molar-refractivity contribution in [2.75, 3.05) is 32.1 Å². The van der Waals surface area contributed by atoms with Gasteiger partial charge in [0.05, 0.1) is 37.1 Å². The average molecular weight is 617 g/mol. The summed E-state index contributed by atoms with van der Waals surface area (Å²) in [6, 6.07) is -0.477. The van der Waals surface area contributed by atoms with Crippen LogP contribution in [0, 0.1) is 5.92 Å². The molecule has 2 aliphatic rings. The molecule has 0 spiro atoms. The van der Waals surface area contributed by atoms with Gasteiger partial charge in [-0.15, -0.1) is 11.8 Å². The number of imide groups is 2. The third-order valence-corrected chi connectivity index (χ3v) is 8.26. The van der Waals surface area contributed by atoms with Crippen LogP contribution in [0.3, 0.4) is 0 Å². The minimum absolute atomic E-state index is 0. The Labute approximate surface area is 254 Å². The molecule has 6 amide bonds. The molecule has 2 N–H and O–H groups in total. The summed E-state index contributed by atoms with van der Waals surface area (Å²) in [5, 5.41) is 4.46. The Morgan fingerprint density at radius 3 is 1.90 bits per heavy atom. The van der Waals surface area contributed by atoms with Crippen molar-refractivity contribution < 1.29 is 45.9 Å². The highest BCUT2D eigenvalue weighted by Crippen LogP contribution is 2.21. The third-order valence-electron chi connectivity index (χ3n) is 7.03. The molecule has 0 saturated carbocycles. The van der Waals surface area contributed by atoms with Crippen LogP contribution in [0.2, 0.25) is 0 Å². The molecule has 13 nitrogen and oxygen atoms in total. The quantitative estimate of drug-likeness (QED) is 0.167. The van der Waals surface area contributed by atoms with Gasteiger partial charge in [-0.3, -0.25) is 43.4 Å². The van der Waals surface area contributed by atoms with E-state index >= 15 is 0 Å². The highest BCUT2D eigenvalue weighted by Gasteiger charge is 2.42. The molecule has 0 radical (unpaired) electrons. The number of amides is 6. The maximum atomic E-state index is 12.9. The molecule has 0 bridgehead atoms. The summed E-state index contributed by atoms with van der Waals surface area (Å²) in [6.45, 7) is 10.8. The van der Waals surface area contributed by atoms with Crippen LogP contribution in [0.15, 0.2) is 0 Å². The van der Waals surface area contributed by atoms with Crippen LogP contribution in [0.5, 0.6) is 0 Å². The lowest BCUT2D eigenvalue weighted by molar-refractivity contribution is -0.145. The first-order valence-electron chi connectivity index (χ1n) is 14.4. The number of carbonyl (C=O) groups is 7. The summed E-state index contributed by atoms with van der Waals surface area (Å²) in [4.78, 5) is 89.1. The summed E-state index contributed by atoms with van der Waals surface area (Å²) in [6.07, 6.45) is -1.43. The SMILES string of the molecule is CCC(C)N1C(=O)CC(OCCNC(=O)C(CC(=O)NCCOC2CC(=O)N(C(C)C)C2=O)SCC(=O)C(C)C)C1=O.[HH].[HH]. The second-order valence-corrected chi connectivity index (χ2v) is 12.1. The van der Waals surface area contributed by atoms with E-state index in [9.17, 15) is 33.6 Å². The first-order chi connectivity index (χ1) is 19.8. The monoisotopic (exact) mass is 616 g/mol. The number of hydrogen-bond acceptors (Lipinski definition) is 10. The smallest absolute Gasteiger partial charge is 0.259 e. The Hall–Kier alpha value is -2.84. The van der Waals surface area contributed by atoms with E-state index in [4.69, 9.17) is 9.47 Å². The number of carbonyl (C=O) groups excluding carboxylic acids is 7. The highest BCUT2D eigenvalue weighted by molar-refractivity contribution is 8.01. The second-order valence-electron chi connectivity index (χ2n) is 10.9. The van der Waals surface area contributed by atoms with Crippen molar-refractivity contribution in [1.82, 2.24) is 20.4 Å². The molecule has 2 rings (SSSR count). The summed E-state index contributed by atoms with van der Waals surface area (Å²) in [5.41, 5.74) is 0. The molecule has 4 atom stereocenters. The Kier molecular flexibility index (Phi) is 14.1. The lowest BCUT2D eigenvalue weighted by Crippen LogP contribution is -2.41. The van der Waals surface area contributed by atoms with Crippen LogP contribution in [0.4, 0.5) is 0 Å². The van der Waals surface area contributed by atoms with Crippen molar-refractivity contribution in [2.24, 2.45) is 5.92 Å². The molecule has 2 fully saturated rings. The number of ketones is 1. The van der Waals surface area contributed by atoms with Crippen molar-refractivity contribution in [2.45, 2.75) is 96.8 Å². The van der Waals surface area contributed by atoms with Gasteiger partial charge in [-0.25, -0.2) is 0 Å². The molecule has 0 aromatic carbocycles. The third kappa shape index (κ3) is 9.87. The number of nitrogens with zero attached hydrogens (tertiary/aromatic N) is 2. The standard InChI is InChI=1S/C28H44N4O9S.2H2/c1-7-18(6)32-25(36)13-21(28(32)39)41-11-9-30-26(37)22(42-15-19(33)16(2)3)14-23(34)29-8-10-40-20-12-24(35)31(17(4)5)27(20)38;;/h16-18,20-22H,7-15H2,1-6H3,(H,29,34)(H,30,37);2*1H. The predicted molar refractivity (Wildman–Crippen MR) is 158 cm³/mol. The molecule has 2 heterocycles. The molecule has 2 aliphatic heterocycles. The van der Waals surface area contributed by atoms with E-state index in [2.05, 4.69) is 10.6 Å². The van der Waals surface area contributed by atoms with Gasteiger partial charge in [-0.2, -0.15) is 0 Å². The van der Waals surface area contributed by atoms with Crippen molar-refractivity contribution in [1.29, 1.82) is 0 Å². The summed E-state index contributed by atoms with van der Waals surface area (Å²) >= 11 is 1.06. The molecule has 240 valence electrons. The molecule has 0 aromatic rings. The van der Waals surface area contributed by atoms with E-state index in [1.54, 1.807) is 34.6 Å². The Bertz CT molecular complexity index is 1050. The molecule has 2 saturated heterocycles. The summed E-state index contributed by atoms with van der Waals surface area (Å²) < 4.78 is 11.1. The predicted octanol–water partition coefficient (Wildman–Crippen LogP) is 0.923. The zero-order valence-corrected chi connectivity index (χ0v) is 26.1.